The maximum Gasteiger partial charge on any atom is 0.292 e. The third-order valence-corrected chi connectivity index (χ3v) is 5.11. The second-order valence-corrected chi connectivity index (χ2v) is 7.83. The van der Waals surface area contributed by atoms with Crippen LogP contribution in [0.1, 0.15) is 25.9 Å². The van der Waals surface area contributed by atoms with Crippen LogP contribution in [0.4, 0.5) is 0 Å². The molecule has 2 aromatic heterocycles. The lowest BCUT2D eigenvalue weighted by atomic mass is 10.3. The van der Waals surface area contributed by atoms with Crippen molar-refractivity contribution in [2.45, 2.75) is 6.92 Å². The van der Waals surface area contributed by atoms with Gasteiger partial charge in [-0.3, -0.25) is 20.4 Å². The van der Waals surface area contributed by atoms with E-state index in [0.717, 1.165) is 3.79 Å². The van der Waals surface area contributed by atoms with Crippen molar-refractivity contribution < 1.29 is 9.59 Å². The highest BCUT2D eigenvalue weighted by Crippen LogP contribution is 2.21. The fraction of sp³-hybridized carbons (Fsp3) is 0.0667. The molecule has 2 N–H and O–H groups in total. The second-order valence-electron chi connectivity index (χ2n) is 4.93. The molecule has 0 aliphatic heterocycles. The van der Waals surface area contributed by atoms with E-state index in [1.807, 2.05) is 0 Å². The first-order valence-electron chi connectivity index (χ1n) is 7.00. The first-order valence-corrected chi connectivity index (χ1v) is 8.98. The van der Waals surface area contributed by atoms with Crippen LogP contribution in [-0.4, -0.2) is 26.8 Å². The van der Waals surface area contributed by atoms with Crippen LogP contribution < -0.4 is 10.9 Å². The summed E-state index contributed by atoms with van der Waals surface area (Å²) in [6.07, 6.45) is 0. The summed E-state index contributed by atoms with van der Waals surface area (Å²) >= 11 is 10.5. The van der Waals surface area contributed by atoms with Crippen LogP contribution in [0, 0.1) is 6.92 Å². The number of nitrogens with one attached hydrogen (secondary N) is 2. The van der Waals surface area contributed by atoms with Gasteiger partial charge in [0.2, 0.25) is 0 Å². The monoisotopic (exact) mass is 439 g/mol. The van der Waals surface area contributed by atoms with Crippen molar-refractivity contribution in [2.75, 3.05) is 0 Å². The Hall–Kier alpha value is -2.23. The van der Waals surface area contributed by atoms with Crippen LogP contribution in [0.3, 0.4) is 0 Å². The maximum absolute atomic E-state index is 12.2. The molecule has 10 heteroatoms. The van der Waals surface area contributed by atoms with Gasteiger partial charge in [-0.15, -0.1) is 16.4 Å². The highest BCUT2D eigenvalue weighted by Gasteiger charge is 2.18. The van der Waals surface area contributed by atoms with Crippen molar-refractivity contribution in [2.24, 2.45) is 0 Å². The molecule has 2 amide bonds. The Bertz CT molecular complexity index is 955. The first-order chi connectivity index (χ1) is 12.0. The van der Waals surface area contributed by atoms with Gasteiger partial charge in [-0.05, 0) is 53.2 Å². The Labute approximate surface area is 160 Å². The minimum Gasteiger partial charge on any atom is -0.266 e. The third-order valence-electron chi connectivity index (χ3n) is 3.25. The number of carbonyl (C=O) groups excluding carboxylic acids is 2. The Morgan fingerprint density at radius 1 is 1.20 bits per heavy atom. The average Bonchev–Trinajstić information content (AvgIpc) is 3.18. The SMILES string of the molecule is Cc1c(C(=O)NNC(=O)c2ccc(Br)s2)nnn1-c1cccc(Cl)c1. The lowest BCUT2D eigenvalue weighted by molar-refractivity contribution is 0.0845. The van der Waals surface area contributed by atoms with Gasteiger partial charge < -0.3 is 0 Å². The molecular formula is C15H11BrClN5O2S. The number of nitrogens with zero attached hydrogens (tertiary/aromatic N) is 3. The van der Waals surface area contributed by atoms with Crippen molar-refractivity contribution in [3.05, 3.63) is 61.5 Å². The molecule has 0 bridgehead atoms. The molecule has 0 saturated heterocycles. The number of aromatic nitrogens is 3. The van der Waals surface area contributed by atoms with Gasteiger partial charge in [-0.25, -0.2) is 4.68 Å². The van der Waals surface area contributed by atoms with Gasteiger partial charge in [-0.1, -0.05) is 22.9 Å². The highest BCUT2D eigenvalue weighted by molar-refractivity contribution is 9.11. The molecule has 25 heavy (non-hydrogen) atoms. The number of thiophene rings is 1. The molecule has 0 fully saturated rings. The van der Waals surface area contributed by atoms with E-state index in [-0.39, 0.29) is 5.69 Å². The molecule has 0 spiro atoms. The Morgan fingerprint density at radius 3 is 2.64 bits per heavy atom. The lowest BCUT2D eigenvalue weighted by Crippen LogP contribution is -2.41. The summed E-state index contributed by atoms with van der Waals surface area (Å²) in [5.41, 5.74) is 5.99. The van der Waals surface area contributed by atoms with Crippen LogP contribution in [0.25, 0.3) is 5.69 Å². The van der Waals surface area contributed by atoms with Crippen molar-refractivity contribution in [1.29, 1.82) is 0 Å². The average molecular weight is 441 g/mol. The molecule has 7 nitrogen and oxygen atoms in total. The molecule has 0 aliphatic carbocycles. The second kappa shape index (κ2) is 7.34. The van der Waals surface area contributed by atoms with Gasteiger partial charge >= 0.3 is 0 Å². The number of hydrazine groups is 1. The van der Waals surface area contributed by atoms with Gasteiger partial charge in [0, 0.05) is 5.02 Å². The van der Waals surface area contributed by atoms with Crippen LogP contribution >= 0.6 is 38.9 Å². The topological polar surface area (TPSA) is 88.9 Å². The summed E-state index contributed by atoms with van der Waals surface area (Å²) in [6, 6.07) is 10.4. The zero-order valence-corrected chi connectivity index (χ0v) is 15.9. The van der Waals surface area contributed by atoms with Crippen molar-refractivity contribution in [3.8, 4) is 5.69 Å². The van der Waals surface area contributed by atoms with Gasteiger partial charge in [0.1, 0.15) is 0 Å². The predicted octanol–water partition coefficient (Wildman–Crippen LogP) is 3.13. The van der Waals surface area contributed by atoms with Gasteiger partial charge in [0.15, 0.2) is 5.69 Å². The van der Waals surface area contributed by atoms with Crippen LogP contribution in [0.5, 0.6) is 0 Å². The van der Waals surface area contributed by atoms with Gasteiger partial charge in [0.25, 0.3) is 11.8 Å². The Morgan fingerprint density at radius 2 is 1.96 bits per heavy atom. The molecule has 1 aromatic carbocycles. The van der Waals surface area contributed by atoms with Crippen LogP contribution in [0.2, 0.25) is 5.02 Å². The molecule has 128 valence electrons. The molecule has 0 unspecified atom stereocenters. The normalized spacial score (nSPS) is 10.5. The molecule has 0 saturated carbocycles. The van der Waals surface area contributed by atoms with E-state index in [9.17, 15) is 9.59 Å². The lowest BCUT2D eigenvalue weighted by Gasteiger charge is -2.06. The summed E-state index contributed by atoms with van der Waals surface area (Å²) in [7, 11) is 0. The predicted molar refractivity (Wildman–Crippen MR) is 98.1 cm³/mol. The number of carbonyl (C=O) groups is 2. The third kappa shape index (κ3) is 3.89. The molecule has 3 aromatic rings. The van der Waals surface area contributed by atoms with Crippen LogP contribution in [0.15, 0.2) is 40.2 Å². The van der Waals surface area contributed by atoms with Gasteiger partial charge in [0.05, 0.1) is 20.0 Å². The Kier molecular flexibility index (Phi) is 5.16. The largest absolute Gasteiger partial charge is 0.292 e. The first kappa shape index (κ1) is 17.6. The summed E-state index contributed by atoms with van der Waals surface area (Å²) in [5.74, 6) is -0.973. The maximum atomic E-state index is 12.2. The van der Waals surface area contributed by atoms with Crippen molar-refractivity contribution in [3.63, 3.8) is 0 Å². The van der Waals surface area contributed by atoms with Crippen molar-refractivity contribution in [1.82, 2.24) is 25.8 Å². The fourth-order valence-corrected chi connectivity index (χ4v) is 3.53. The minimum absolute atomic E-state index is 0.104. The summed E-state index contributed by atoms with van der Waals surface area (Å²) in [6.45, 7) is 1.70. The molecule has 2 heterocycles. The zero-order valence-electron chi connectivity index (χ0n) is 12.8. The van der Waals surface area contributed by atoms with Gasteiger partial charge in [-0.2, -0.15) is 0 Å². The number of rotatable bonds is 3. The van der Waals surface area contributed by atoms with Crippen molar-refractivity contribution >= 4 is 50.7 Å². The molecule has 3 rings (SSSR count). The van der Waals surface area contributed by atoms with E-state index in [4.69, 9.17) is 11.6 Å². The fourth-order valence-electron chi connectivity index (χ4n) is 2.06. The minimum atomic E-state index is -0.560. The Balaban J connectivity index is 1.72. The smallest absolute Gasteiger partial charge is 0.266 e. The number of amides is 2. The van der Waals surface area contributed by atoms with E-state index in [2.05, 4.69) is 37.1 Å². The van der Waals surface area contributed by atoms with E-state index in [1.54, 1.807) is 43.3 Å². The number of hydrogen-bond acceptors (Lipinski definition) is 5. The quantitative estimate of drug-likeness (QED) is 0.612. The molecular weight excluding hydrogens is 430 g/mol. The highest BCUT2D eigenvalue weighted by atomic mass is 79.9. The summed E-state index contributed by atoms with van der Waals surface area (Å²) in [5, 5.41) is 8.39. The number of benzene rings is 1. The van der Waals surface area contributed by atoms with E-state index >= 15 is 0 Å². The zero-order chi connectivity index (χ0) is 18.0. The molecule has 0 radical (unpaired) electrons. The molecule has 0 aliphatic rings. The standard InChI is InChI=1S/C15H11BrClN5O2S/c1-8-13(18-21-22(8)10-4-2-3-9(17)7-10)15(24)20-19-14(23)11-5-6-12(16)25-11/h2-7H,1H3,(H,19,23)(H,20,24). The van der Waals surface area contributed by atoms with E-state index in [1.165, 1.54) is 16.0 Å². The number of hydrogen-bond donors (Lipinski definition) is 2. The number of halogens is 2. The molecule has 0 atom stereocenters. The van der Waals surface area contributed by atoms with Crippen LogP contribution in [-0.2, 0) is 0 Å². The summed E-state index contributed by atoms with van der Waals surface area (Å²) in [4.78, 5) is 24.7. The summed E-state index contributed by atoms with van der Waals surface area (Å²) < 4.78 is 2.32. The van der Waals surface area contributed by atoms with E-state index < -0.39 is 11.8 Å². The van der Waals surface area contributed by atoms with E-state index in [0.29, 0.717) is 21.3 Å².